The Morgan fingerprint density at radius 3 is 1.81 bits per heavy atom. The van der Waals surface area contributed by atoms with Gasteiger partial charge in [0.25, 0.3) is 6.71 Å². The van der Waals surface area contributed by atoms with Crippen LogP contribution < -0.4 is 30.6 Å². The summed E-state index contributed by atoms with van der Waals surface area (Å²) in [5.74, 6) is 4.52. The van der Waals surface area contributed by atoms with Crippen LogP contribution >= 0.6 is 0 Å². The average molecular weight is 697 g/mol. The van der Waals surface area contributed by atoms with E-state index in [1.165, 1.54) is 27.8 Å². The number of benzene rings is 6. The zero-order valence-corrected chi connectivity index (χ0v) is 29.8. The molecule has 0 atom stereocenters. The van der Waals surface area contributed by atoms with Crippen LogP contribution in [0.5, 0.6) is 34.6 Å². The minimum absolute atomic E-state index is 0.153. The Morgan fingerprint density at radius 2 is 1.15 bits per heavy atom. The first-order valence-electron chi connectivity index (χ1n) is 18.2. The molecule has 0 N–H and O–H groups in total. The second-order valence-corrected chi connectivity index (χ2v) is 13.8. The highest BCUT2D eigenvalue weighted by Gasteiger charge is 2.42. The van der Waals surface area contributed by atoms with Crippen LogP contribution in [-0.2, 0) is 0 Å². The van der Waals surface area contributed by atoms with Crippen molar-refractivity contribution in [2.75, 3.05) is 0 Å². The maximum absolute atomic E-state index is 6.72. The van der Waals surface area contributed by atoms with Gasteiger partial charge >= 0.3 is 0 Å². The van der Waals surface area contributed by atoms with Crippen LogP contribution in [-0.4, -0.2) is 16.7 Å². The molecule has 2 aliphatic heterocycles. The van der Waals surface area contributed by atoms with Crippen molar-refractivity contribution < 1.29 is 14.2 Å². The van der Waals surface area contributed by atoms with E-state index in [2.05, 4.69) is 140 Å². The molecule has 4 heterocycles. The first-order valence-corrected chi connectivity index (χ1v) is 18.2. The van der Waals surface area contributed by atoms with Gasteiger partial charge in [0.05, 0.1) is 5.69 Å². The molecule has 0 spiro atoms. The van der Waals surface area contributed by atoms with E-state index in [0.29, 0.717) is 11.6 Å². The van der Waals surface area contributed by atoms with E-state index in [1.807, 2.05) is 36.5 Å². The summed E-state index contributed by atoms with van der Waals surface area (Å²) < 4.78 is 19.6. The van der Waals surface area contributed by atoms with Gasteiger partial charge in [-0.05, 0) is 129 Å². The van der Waals surface area contributed by atoms with E-state index < -0.39 is 0 Å². The molecule has 0 saturated carbocycles. The monoisotopic (exact) mass is 696 g/mol. The van der Waals surface area contributed by atoms with E-state index in [9.17, 15) is 0 Å². The van der Waals surface area contributed by atoms with Gasteiger partial charge in [-0.1, -0.05) is 91.0 Å². The molecule has 8 aromatic rings. The number of rotatable bonds is 6. The first-order chi connectivity index (χ1) is 26.6. The normalized spacial score (nSPS) is 12.1. The van der Waals surface area contributed by atoms with Gasteiger partial charge in [0, 0.05) is 23.9 Å². The summed E-state index contributed by atoms with van der Waals surface area (Å²) in [6, 6.07) is 52.3. The van der Waals surface area contributed by atoms with Gasteiger partial charge in [0.2, 0.25) is 5.88 Å². The van der Waals surface area contributed by atoms with E-state index in [0.717, 1.165) is 67.3 Å². The summed E-state index contributed by atoms with van der Waals surface area (Å²) in [6.07, 6.45) is 3.65. The van der Waals surface area contributed by atoms with Gasteiger partial charge in [-0.25, -0.2) is 4.98 Å². The fourth-order valence-electron chi connectivity index (χ4n) is 8.00. The fourth-order valence-corrected chi connectivity index (χ4v) is 8.00. The quantitative estimate of drug-likeness (QED) is 0.162. The van der Waals surface area contributed by atoms with Crippen molar-refractivity contribution in [2.24, 2.45) is 0 Å². The summed E-state index contributed by atoms with van der Waals surface area (Å²) in [6.45, 7) is 4.04. The molecule has 0 amide bonds. The lowest BCUT2D eigenvalue weighted by Gasteiger charge is -2.35. The largest absolute Gasteiger partial charge is 0.458 e. The number of fused-ring (bicyclic) bond motifs is 4. The van der Waals surface area contributed by atoms with Crippen molar-refractivity contribution in [3.8, 4) is 79.3 Å². The van der Waals surface area contributed by atoms with E-state index >= 15 is 0 Å². The lowest BCUT2D eigenvalue weighted by atomic mass is 9.34. The minimum Gasteiger partial charge on any atom is -0.458 e. The molecule has 10 rings (SSSR count). The number of nitrogens with zero attached hydrogens (tertiary/aromatic N) is 2. The summed E-state index contributed by atoms with van der Waals surface area (Å²) in [4.78, 5) is 9.34. The molecule has 0 unspecified atom stereocenters. The topological polar surface area (TPSA) is 53.5 Å². The van der Waals surface area contributed by atoms with Gasteiger partial charge in [-0.15, -0.1) is 0 Å². The molecule has 2 aliphatic rings. The zero-order valence-electron chi connectivity index (χ0n) is 29.8. The summed E-state index contributed by atoms with van der Waals surface area (Å²) >= 11 is 0. The fraction of sp³-hybridized carbons (Fsp3) is 0.0417. The molecule has 0 aliphatic carbocycles. The molecule has 5 nitrogen and oxygen atoms in total. The third-order valence-electron chi connectivity index (χ3n) is 10.4. The SMILES string of the molecule is Cc1cc(C)c2c3c1Oc1ccc(Oc4ccccn4)cc1B3c1cc(-c3cc(-c4c(-c5ccccc5)cccc4-c4ccccc4)ccn3)ccc1O2. The second kappa shape index (κ2) is 12.9. The van der Waals surface area contributed by atoms with Gasteiger partial charge < -0.3 is 14.2 Å². The van der Waals surface area contributed by atoms with Crippen molar-refractivity contribution in [1.29, 1.82) is 0 Å². The number of hydrogen-bond donors (Lipinski definition) is 0. The van der Waals surface area contributed by atoms with Crippen LogP contribution in [0.3, 0.4) is 0 Å². The number of hydrogen-bond acceptors (Lipinski definition) is 5. The van der Waals surface area contributed by atoms with Crippen molar-refractivity contribution in [1.82, 2.24) is 9.97 Å². The van der Waals surface area contributed by atoms with Gasteiger partial charge in [0.15, 0.2) is 0 Å². The second-order valence-electron chi connectivity index (χ2n) is 13.8. The number of aryl methyl sites for hydroxylation is 2. The summed E-state index contributed by atoms with van der Waals surface area (Å²) in [5, 5.41) is 0. The molecule has 2 aromatic heterocycles. The van der Waals surface area contributed by atoms with E-state index in [-0.39, 0.29) is 6.71 Å². The molecular weight excluding hydrogens is 663 g/mol. The first kappa shape index (κ1) is 31.8. The Balaban J connectivity index is 1.12. The zero-order chi connectivity index (χ0) is 36.2. The molecule has 0 fully saturated rings. The highest BCUT2D eigenvalue weighted by atomic mass is 16.5. The molecule has 6 heteroatoms. The molecule has 256 valence electrons. The Bertz CT molecular complexity index is 2640. The molecule has 0 saturated heterocycles. The Morgan fingerprint density at radius 1 is 0.500 bits per heavy atom. The number of pyridine rings is 2. The van der Waals surface area contributed by atoms with Gasteiger partial charge in [-0.3, -0.25) is 4.98 Å². The highest BCUT2D eigenvalue weighted by Crippen LogP contribution is 2.42. The summed E-state index contributed by atoms with van der Waals surface area (Å²) in [5.41, 5.74) is 14.0. The van der Waals surface area contributed by atoms with Crippen molar-refractivity contribution in [3.63, 3.8) is 0 Å². The lowest BCUT2D eigenvalue weighted by molar-refractivity contribution is 0.452. The molecule has 6 aromatic carbocycles. The van der Waals surface area contributed by atoms with Crippen LogP contribution in [0.2, 0.25) is 0 Å². The van der Waals surface area contributed by atoms with Crippen LogP contribution in [0.1, 0.15) is 11.1 Å². The lowest BCUT2D eigenvalue weighted by Crippen LogP contribution is -2.57. The smallest absolute Gasteiger partial charge is 0.260 e. The third-order valence-corrected chi connectivity index (χ3v) is 10.4. The van der Waals surface area contributed by atoms with E-state index in [4.69, 9.17) is 19.2 Å². The van der Waals surface area contributed by atoms with Gasteiger partial charge in [0.1, 0.15) is 28.7 Å². The van der Waals surface area contributed by atoms with Crippen LogP contribution in [0.15, 0.2) is 164 Å². The molecule has 54 heavy (non-hydrogen) atoms. The maximum atomic E-state index is 6.72. The van der Waals surface area contributed by atoms with Crippen LogP contribution in [0.25, 0.3) is 44.6 Å². The predicted octanol–water partition coefficient (Wildman–Crippen LogP) is 10.3. The maximum Gasteiger partial charge on any atom is 0.260 e. The highest BCUT2D eigenvalue weighted by molar-refractivity contribution is 6.98. The van der Waals surface area contributed by atoms with Gasteiger partial charge in [-0.2, -0.15) is 0 Å². The Kier molecular flexibility index (Phi) is 7.62. The molecular formula is C48H33BN2O3. The Hall–Kier alpha value is -6.92. The van der Waals surface area contributed by atoms with Crippen LogP contribution in [0.4, 0.5) is 0 Å². The van der Waals surface area contributed by atoms with Crippen molar-refractivity contribution in [2.45, 2.75) is 13.8 Å². The molecule has 0 radical (unpaired) electrons. The van der Waals surface area contributed by atoms with Crippen LogP contribution in [0, 0.1) is 13.8 Å². The third kappa shape index (κ3) is 5.43. The summed E-state index contributed by atoms with van der Waals surface area (Å²) in [7, 11) is 0. The van der Waals surface area contributed by atoms with Crippen molar-refractivity contribution in [3.05, 3.63) is 175 Å². The number of ether oxygens (including phenoxy) is 3. The predicted molar refractivity (Wildman–Crippen MR) is 217 cm³/mol. The standard InChI is InChI=1S/C48H33BN2O3/c1-30-26-31(2)48-46-47(30)53-42-21-19-34(27-39(42)49(46)40-29-36(20-22-43(40)54-48)52-44-18-9-10-24-51-44)41-28-35(23-25-50-41)45-37(32-12-5-3-6-13-32)16-11-17-38(45)33-14-7-4-8-15-33/h3-29H,1-2H3. The Labute approximate surface area is 314 Å². The average Bonchev–Trinajstić information content (AvgIpc) is 3.23. The van der Waals surface area contributed by atoms with Crippen molar-refractivity contribution >= 4 is 23.1 Å². The van der Waals surface area contributed by atoms with E-state index in [1.54, 1.807) is 6.20 Å². The minimum atomic E-state index is -0.153. The molecule has 0 bridgehead atoms. The number of aromatic nitrogens is 2.